The van der Waals surface area contributed by atoms with Crippen molar-refractivity contribution in [2.75, 3.05) is 50.8 Å². The number of anilines is 1. The zero-order valence-electron chi connectivity index (χ0n) is 17.3. The van der Waals surface area contributed by atoms with E-state index >= 15 is 0 Å². The Hall–Kier alpha value is -2.44. The third-order valence-electron chi connectivity index (χ3n) is 5.96. The Morgan fingerprint density at radius 2 is 1.90 bits per heavy atom. The van der Waals surface area contributed by atoms with E-state index in [9.17, 15) is 4.79 Å². The normalized spacial score (nSPS) is 20.9. The molecule has 3 heterocycles. The molecule has 2 saturated heterocycles. The molecule has 1 aromatic heterocycles. The summed E-state index contributed by atoms with van der Waals surface area (Å²) >= 11 is 0. The Morgan fingerprint density at radius 3 is 2.59 bits per heavy atom. The minimum absolute atomic E-state index is 0.0709. The molecule has 0 bridgehead atoms. The van der Waals surface area contributed by atoms with Crippen LogP contribution in [0, 0.1) is 0 Å². The van der Waals surface area contributed by atoms with Gasteiger partial charge in [0.2, 0.25) is 6.41 Å². The van der Waals surface area contributed by atoms with Crippen LogP contribution in [0.1, 0.15) is 25.5 Å². The molecule has 6 heteroatoms. The molecule has 0 spiro atoms. The van der Waals surface area contributed by atoms with Gasteiger partial charge in [0, 0.05) is 50.5 Å². The van der Waals surface area contributed by atoms with Crippen LogP contribution >= 0.6 is 0 Å². The monoisotopic (exact) mass is 394 g/mol. The van der Waals surface area contributed by atoms with Crippen LogP contribution in [0.2, 0.25) is 0 Å². The van der Waals surface area contributed by atoms with Crippen LogP contribution in [-0.2, 0) is 9.53 Å². The van der Waals surface area contributed by atoms with Gasteiger partial charge in [0.1, 0.15) is 11.9 Å². The number of hydrogen-bond acceptors (Lipinski definition) is 5. The fraction of sp³-hybridized carbons (Fsp3) is 0.478. The molecule has 0 N–H and O–H groups in total. The summed E-state index contributed by atoms with van der Waals surface area (Å²) < 4.78 is 5.88. The second kappa shape index (κ2) is 8.93. The predicted octanol–water partition coefficient (Wildman–Crippen LogP) is 2.81. The van der Waals surface area contributed by atoms with E-state index in [0.717, 1.165) is 55.1 Å². The third-order valence-corrected chi connectivity index (χ3v) is 5.96. The smallest absolute Gasteiger partial charge is 0.209 e. The molecule has 1 unspecified atom stereocenters. The standard InChI is InChI=1S/C23H30N4O2/c1-18(2)26-8-10-27(11-9-26)23-7-6-21(15-24-23)19-4-3-5-20(14-19)22-16-25(17-28)12-13-29-22/h3-7,14-15,17-18,22H,8-13,16H2,1-2H3. The van der Waals surface area contributed by atoms with Crippen LogP contribution in [0.15, 0.2) is 42.6 Å². The Balaban J connectivity index is 1.45. The first-order valence-corrected chi connectivity index (χ1v) is 10.5. The number of pyridine rings is 1. The summed E-state index contributed by atoms with van der Waals surface area (Å²) in [5.74, 6) is 1.05. The molecule has 0 radical (unpaired) electrons. The van der Waals surface area contributed by atoms with Crippen molar-refractivity contribution in [3.8, 4) is 11.1 Å². The highest BCUT2D eigenvalue weighted by atomic mass is 16.5. The molecule has 2 aromatic rings. The van der Waals surface area contributed by atoms with E-state index in [2.05, 4.69) is 54.0 Å². The van der Waals surface area contributed by atoms with Crippen molar-refractivity contribution in [3.05, 3.63) is 48.2 Å². The highest BCUT2D eigenvalue weighted by Crippen LogP contribution is 2.27. The molecule has 0 aliphatic carbocycles. The minimum Gasteiger partial charge on any atom is -0.370 e. The zero-order chi connectivity index (χ0) is 20.2. The first-order valence-electron chi connectivity index (χ1n) is 10.5. The van der Waals surface area contributed by atoms with Gasteiger partial charge in [0.05, 0.1) is 13.2 Å². The van der Waals surface area contributed by atoms with E-state index in [4.69, 9.17) is 9.72 Å². The number of rotatable bonds is 5. The molecule has 0 saturated carbocycles. The van der Waals surface area contributed by atoms with Gasteiger partial charge in [0.15, 0.2) is 0 Å². The van der Waals surface area contributed by atoms with Gasteiger partial charge >= 0.3 is 0 Å². The van der Waals surface area contributed by atoms with Gasteiger partial charge in [-0.2, -0.15) is 0 Å². The number of amides is 1. The molecule has 2 aliphatic rings. The molecule has 4 rings (SSSR count). The first-order chi connectivity index (χ1) is 14.1. The lowest BCUT2D eigenvalue weighted by Crippen LogP contribution is -2.49. The van der Waals surface area contributed by atoms with Gasteiger partial charge in [-0.3, -0.25) is 9.69 Å². The van der Waals surface area contributed by atoms with Crippen molar-refractivity contribution in [3.63, 3.8) is 0 Å². The Morgan fingerprint density at radius 1 is 1.07 bits per heavy atom. The van der Waals surface area contributed by atoms with E-state index in [1.165, 1.54) is 0 Å². The van der Waals surface area contributed by atoms with Crippen LogP contribution in [-0.4, -0.2) is 73.1 Å². The molecule has 6 nitrogen and oxygen atoms in total. The molecular formula is C23H30N4O2. The van der Waals surface area contributed by atoms with E-state index in [-0.39, 0.29) is 6.10 Å². The number of aromatic nitrogens is 1. The molecule has 154 valence electrons. The number of hydrogen-bond donors (Lipinski definition) is 0. The van der Waals surface area contributed by atoms with Crippen LogP contribution in [0.25, 0.3) is 11.1 Å². The largest absolute Gasteiger partial charge is 0.370 e. The number of carbonyl (C=O) groups is 1. The van der Waals surface area contributed by atoms with Crippen molar-refractivity contribution >= 4 is 12.2 Å². The van der Waals surface area contributed by atoms with Gasteiger partial charge < -0.3 is 14.5 Å². The zero-order valence-corrected chi connectivity index (χ0v) is 17.3. The number of nitrogens with zero attached hydrogens (tertiary/aromatic N) is 4. The molecule has 2 fully saturated rings. The van der Waals surface area contributed by atoms with Crippen molar-refractivity contribution in [1.82, 2.24) is 14.8 Å². The number of benzene rings is 1. The van der Waals surface area contributed by atoms with E-state index in [1.54, 1.807) is 4.90 Å². The summed E-state index contributed by atoms with van der Waals surface area (Å²) in [4.78, 5) is 22.5. The Bertz CT molecular complexity index is 816. The third kappa shape index (κ3) is 4.60. The number of carbonyl (C=O) groups excluding carboxylic acids is 1. The summed E-state index contributed by atoms with van der Waals surface area (Å²) in [6.07, 6.45) is 2.80. The van der Waals surface area contributed by atoms with Gasteiger partial charge in [-0.05, 0) is 43.2 Å². The maximum absolute atomic E-state index is 11.1. The van der Waals surface area contributed by atoms with Gasteiger partial charge in [-0.25, -0.2) is 4.98 Å². The lowest BCUT2D eigenvalue weighted by molar-refractivity contribution is -0.125. The second-order valence-corrected chi connectivity index (χ2v) is 8.11. The molecule has 29 heavy (non-hydrogen) atoms. The van der Waals surface area contributed by atoms with Gasteiger partial charge in [0.25, 0.3) is 0 Å². The quantitative estimate of drug-likeness (QED) is 0.730. The van der Waals surface area contributed by atoms with Crippen LogP contribution in [0.3, 0.4) is 0 Å². The van der Waals surface area contributed by atoms with Crippen molar-refractivity contribution in [1.29, 1.82) is 0 Å². The second-order valence-electron chi connectivity index (χ2n) is 8.11. The fourth-order valence-electron chi connectivity index (χ4n) is 4.10. The maximum atomic E-state index is 11.1. The lowest BCUT2D eigenvalue weighted by Gasteiger charge is -2.37. The summed E-state index contributed by atoms with van der Waals surface area (Å²) in [5.41, 5.74) is 3.32. The summed E-state index contributed by atoms with van der Waals surface area (Å²) in [7, 11) is 0. The highest BCUT2D eigenvalue weighted by Gasteiger charge is 2.22. The fourth-order valence-corrected chi connectivity index (χ4v) is 4.10. The molecule has 1 amide bonds. The van der Waals surface area contributed by atoms with Crippen LogP contribution in [0.5, 0.6) is 0 Å². The number of piperazine rings is 1. The Labute approximate surface area is 173 Å². The Kier molecular flexibility index (Phi) is 6.11. The first kappa shape index (κ1) is 19.9. The summed E-state index contributed by atoms with van der Waals surface area (Å²) in [5, 5.41) is 0. The van der Waals surface area contributed by atoms with Crippen molar-refractivity contribution in [2.45, 2.75) is 26.0 Å². The molecule has 1 atom stereocenters. The average molecular weight is 395 g/mol. The molecule has 1 aromatic carbocycles. The minimum atomic E-state index is -0.0709. The molecule has 2 aliphatic heterocycles. The topological polar surface area (TPSA) is 48.9 Å². The van der Waals surface area contributed by atoms with E-state index in [1.807, 2.05) is 12.3 Å². The summed E-state index contributed by atoms with van der Waals surface area (Å²) in [6, 6.07) is 13.2. The highest BCUT2D eigenvalue weighted by molar-refractivity contribution is 5.65. The predicted molar refractivity (Wildman–Crippen MR) is 115 cm³/mol. The van der Waals surface area contributed by atoms with Gasteiger partial charge in [-0.1, -0.05) is 18.2 Å². The number of morpholine rings is 1. The lowest BCUT2D eigenvalue weighted by atomic mass is 10.0. The van der Waals surface area contributed by atoms with Gasteiger partial charge in [-0.15, -0.1) is 0 Å². The molecular weight excluding hydrogens is 364 g/mol. The SMILES string of the molecule is CC(C)N1CCN(c2ccc(-c3cccc(C4CN(C=O)CCO4)c3)cn2)CC1. The van der Waals surface area contributed by atoms with Crippen LogP contribution < -0.4 is 4.90 Å². The van der Waals surface area contributed by atoms with E-state index in [0.29, 0.717) is 25.7 Å². The van der Waals surface area contributed by atoms with E-state index < -0.39 is 0 Å². The van der Waals surface area contributed by atoms with Crippen molar-refractivity contribution < 1.29 is 9.53 Å². The average Bonchev–Trinajstić information content (AvgIpc) is 2.79. The van der Waals surface area contributed by atoms with Crippen LogP contribution in [0.4, 0.5) is 5.82 Å². The maximum Gasteiger partial charge on any atom is 0.209 e. The number of ether oxygens (including phenoxy) is 1. The summed E-state index contributed by atoms with van der Waals surface area (Å²) in [6.45, 7) is 10.6. The van der Waals surface area contributed by atoms with Crippen molar-refractivity contribution in [2.24, 2.45) is 0 Å².